The zero-order valence-corrected chi connectivity index (χ0v) is 16.3. The minimum absolute atomic E-state index is 0.308. The van der Waals surface area contributed by atoms with Gasteiger partial charge in [0.1, 0.15) is 6.29 Å². The van der Waals surface area contributed by atoms with Gasteiger partial charge in [-0.2, -0.15) is 0 Å². The maximum atomic E-state index is 12.2. The van der Waals surface area contributed by atoms with Gasteiger partial charge in [-0.1, -0.05) is 6.92 Å². The zero-order chi connectivity index (χ0) is 20.9. The van der Waals surface area contributed by atoms with Gasteiger partial charge in [0.15, 0.2) is 0 Å². The third-order valence-corrected chi connectivity index (χ3v) is 5.55. The van der Waals surface area contributed by atoms with Crippen molar-refractivity contribution in [3.8, 4) is 0 Å². The molecule has 2 fully saturated rings. The molecule has 3 amide bonds. The Morgan fingerprint density at radius 3 is 2.25 bits per heavy atom. The lowest BCUT2D eigenvalue weighted by atomic mass is 9.62. The molecule has 9 heteroatoms. The molecular formula is C19H29N3O6. The SMILES string of the molecule is CC1CC2CC(C1)CC(C)(NC(=O)C(=O)NCC(=O)N[C@H](C=O)CC(=O)O)C2. The van der Waals surface area contributed by atoms with E-state index in [0.29, 0.717) is 24.0 Å². The van der Waals surface area contributed by atoms with E-state index < -0.39 is 48.2 Å². The Kier molecular flexibility index (Phi) is 7.15. The molecule has 0 saturated heterocycles. The first kappa shape index (κ1) is 21.8. The third-order valence-electron chi connectivity index (χ3n) is 5.55. The van der Waals surface area contributed by atoms with Crippen LogP contribution >= 0.6 is 0 Å². The summed E-state index contributed by atoms with van der Waals surface area (Å²) in [5, 5.41) is 15.8. The van der Waals surface area contributed by atoms with E-state index in [-0.39, 0.29) is 0 Å². The quantitative estimate of drug-likeness (QED) is 0.353. The molecule has 0 aromatic heterocycles. The van der Waals surface area contributed by atoms with Crippen molar-refractivity contribution in [2.24, 2.45) is 17.8 Å². The molecule has 2 bridgehead atoms. The average molecular weight is 395 g/mol. The molecule has 2 rings (SSSR count). The highest BCUT2D eigenvalue weighted by Crippen LogP contribution is 2.46. The number of carbonyl (C=O) groups excluding carboxylic acids is 4. The molecule has 0 heterocycles. The molecule has 3 atom stereocenters. The number of fused-ring (bicyclic) bond motifs is 2. The fraction of sp³-hybridized carbons (Fsp3) is 0.737. The molecule has 156 valence electrons. The van der Waals surface area contributed by atoms with E-state index in [1.54, 1.807) is 0 Å². The van der Waals surface area contributed by atoms with Crippen molar-refractivity contribution in [2.45, 2.75) is 64.0 Å². The van der Waals surface area contributed by atoms with E-state index in [1.807, 2.05) is 6.92 Å². The van der Waals surface area contributed by atoms with E-state index in [0.717, 1.165) is 25.7 Å². The molecular weight excluding hydrogens is 366 g/mol. The molecule has 0 aliphatic heterocycles. The van der Waals surface area contributed by atoms with Gasteiger partial charge in [0, 0.05) is 5.54 Å². The summed E-state index contributed by atoms with van der Waals surface area (Å²) in [6, 6.07) is -1.18. The normalized spacial score (nSPS) is 29.9. The van der Waals surface area contributed by atoms with Crippen molar-refractivity contribution in [3.05, 3.63) is 0 Å². The van der Waals surface area contributed by atoms with Crippen LogP contribution in [0.1, 0.15) is 52.4 Å². The zero-order valence-electron chi connectivity index (χ0n) is 16.3. The van der Waals surface area contributed by atoms with Gasteiger partial charge in [-0.05, 0) is 56.8 Å². The molecule has 9 nitrogen and oxygen atoms in total. The summed E-state index contributed by atoms with van der Waals surface area (Å²) in [5.74, 6) is -1.90. The van der Waals surface area contributed by atoms with Crippen LogP contribution in [-0.4, -0.2) is 53.2 Å². The van der Waals surface area contributed by atoms with E-state index >= 15 is 0 Å². The molecule has 2 aliphatic rings. The maximum Gasteiger partial charge on any atom is 0.309 e. The van der Waals surface area contributed by atoms with E-state index in [4.69, 9.17) is 5.11 Å². The van der Waals surface area contributed by atoms with Gasteiger partial charge in [-0.25, -0.2) is 0 Å². The molecule has 4 N–H and O–H groups in total. The van der Waals surface area contributed by atoms with Crippen molar-refractivity contribution in [3.63, 3.8) is 0 Å². The number of aliphatic carboxylic acids is 1. The summed E-state index contributed by atoms with van der Waals surface area (Å²) >= 11 is 0. The van der Waals surface area contributed by atoms with Crippen LogP contribution in [-0.2, 0) is 24.0 Å². The number of hydrogen-bond donors (Lipinski definition) is 4. The Hall–Kier alpha value is -2.45. The summed E-state index contributed by atoms with van der Waals surface area (Å²) < 4.78 is 0. The van der Waals surface area contributed by atoms with Crippen LogP contribution in [0, 0.1) is 17.8 Å². The third kappa shape index (κ3) is 6.31. The first-order chi connectivity index (χ1) is 13.1. The van der Waals surface area contributed by atoms with Gasteiger partial charge in [-0.3, -0.25) is 19.2 Å². The summed E-state index contributed by atoms with van der Waals surface area (Å²) in [7, 11) is 0. The second-order valence-corrected chi connectivity index (χ2v) is 8.56. The van der Waals surface area contributed by atoms with E-state index in [2.05, 4.69) is 22.9 Å². The van der Waals surface area contributed by atoms with Crippen LogP contribution in [0.2, 0.25) is 0 Å². The molecule has 28 heavy (non-hydrogen) atoms. The summed E-state index contributed by atoms with van der Waals surface area (Å²) in [5.41, 5.74) is -0.436. The maximum absolute atomic E-state index is 12.2. The fourth-order valence-corrected chi connectivity index (χ4v) is 4.84. The van der Waals surface area contributed by atoms with Crippen LogP contribution in [0.4, 0.5) is 0 Å². The lowest BCUT2D eigenvalue weighted by molar-refractivity contribution is -0.141. The molecule has 2 aliphatic carbocycles. The van der Waals surface area contributed by atoms with Crippen molar-refractivity contribution < 1.29 is 29.1 Å². The summed E-state index contributed by atoms with van der Waals surface area (Å²) in [4.78, 5) is 57.3. The van der Waals surface area contributed by atoms with Gasteiger partial charge in [0.2, 0.25) is 5.91 Å². The van der Waals surface area contributed by atoms with Gasteiger partial charge >= 0.3 is 17.8 Å². The Balaban J connectivity index is 1.79. The monoisotopic (exact) mass is 395 g/mol. The Morgan fingerprint density at radius 2 is 1.71 bits per heavy atom. The number of carboxylic acid groups (broad SMARTS) is 1. The highest BCUT2D eigenvalue weighted by molar-refractivity contribution is 6.35. The molecule has 0 spiro atoms. The number of carboxylic acids is 1. The highest BCUT2D eigenvalue weighted by atomic mass is 16.4. The van der Waals surface area contributed by atoms with Gasteiger partial charge in [-0.15, -0.1) is 0 Å². The van der Waals surface area contributed by atoms with Gasteiger partial charge in [0.25, 0.3) is 0 Å². The predicted octanol–water partition coefficient (Wildman–Crippen LogP) is -0.0179. The second kappa shape index (κ2) is 9.16. The second-order valence-electron chi connectivity index (χ2n) is 8.56. The van der Waals surface area contributed by atoms with Gasteiger partial charge in [0.05, 0.1) is 19.0 Å². The minimum Gasteiger partial charge on any atom is -0.481 e. The van der Waals surface area contributed by atoms with Crippen molar-refractivity contribution >= 4 is 30.0 Å². The number of amides is 3. The number of nitrogens with one attached hydrogen (secondary N) is 3. The Labute approximate surface area is 164 Å². The van der Waals surface area contributed by atoms with E-state index in [9.17, 15) is 24.0 Å². The number of aldehydes is 1. The molecule has 0 aromatic rings. The molecule has 2 saturated carbocycles. The predicted molar refractivity (Wildman–Crippen MR) is 99.0 cm³/mol. The lowest BCUT2D eigenvalue weighted by Gasteiger charge is -2.47. The fourth-order valence-electron chi connectivity index (χ4n) is 4.84. The van der Waals surface area contributed by atoms with Crippen molar-refractivity contribution in [1.29, 1.82) is 0 Å². The lowest BCUT2D eigenvalue weighted by Crippen LogP contribution is -2.56. The largest absolute Gasteiger partial charge is 0.481 e. The van der Waals surface area contributed by atoms with Gasteiger partial charge < -0.3 is 25.9 Å². The van der Waals surface area contributed by atoms with Crippen LogP contribution in [0.3, 0.4) is 0 Å². The average Bonchev–Trinajstić information content (AvgIpc) is 2.56. The number of hydrogen-bond acceptors (Lipinski definition) is 5. The number of carbonyl (C=O) groups is 5. The highest BCUT2D eigenvalue weighted by Gasteiger charge is 2.42. The topological polar surface area (TPSA) is 142 Å². The molecule has 0 radical (unpaired) electrons. The Morgan fingerprint density at radius 1 is 1.11 bits per heavy atom. The smallest absolute Gasteiger partial charge is 0.309 e. The molecule has 0 aromatic carbocycles. The summed E-state index contributed by atoms with van der Waals surface area (Å²) in [6.07, 6.45) is 4.89. The Bertz CT molecular complexity index is 632. The summed E-state index contributed by atoms with van der Waals surface area (Å²) in [6.45, 7) is 3.70. The van der Waals surface area contributed by atoms with Crippen LogP contribution < -0.4 is 16.0 Å². The van der Waals surface area contributed by atoms with Crippen LogP contribution in [0.5, 0.6) is 0 Å². The molecule has 2 unspecified atom stereocenters. The van der Waals surface area contributed by atoms with E-state index in [1.165, 1.54) is 6.42 Å². The van der Waals surface area contributed by atoms with Crippen LogP contribution in [0.25, 0.3) is 0 Å². The first-order valence-electron chi connectivity index (χ1n) is 9.67. The van der Waals surface area contributed by atoms with Crippen molar-refractivity contribution in [2.75, 3.05) is 6.54 Å². The number of rotatable bonds is 7. The first-order valence-corrected chi connectivity index (χ1v) is 9.67. The standard InChI is InChI=1S/C19H29N3O6/c1-11-3-12-5-13(4-11)8-19(2,7-12)22-18(28)17(27)20-9-15(24)21-14(10-23)6-16(25)26/h10-14H,3-9H2,1-2H3,(H,20,27)(H,21,24)(H,22,28)(H,25,26)/t11?,12?,13?,14-,19?/m0/s1. The minimum atomic E-state index is -1.24. The van der Waals surface area contributed by atoms with Crippen molar-refractivity contribution in [1.82, 2.24) is 16.0 Å². The van der Waals surface area contributed by atoms with Crippen LogP contribution in [0.15, 0.2) is 0 Å².